The van der Waals surface area contributed by atoms with Crippen molar-refractivity contribution in [2.75, 3.05) is 52.6 Å². The third-order valence-electron chi connectivity index (χ3n) is 11.6. The number of esters is 8. The smallest absolute Gasteiger partial charge is 0.415 e. The van der Waals surface area contributed by atoms with Crippen molar-refractivity contribution < 1.29 is 130 Å². The van der Waals surface area contributed by atoms with E-state index in [-0.39, 0.29) is 65.6 Å². The minimum absolute atomic E-state index is 0.000786. The monoisotopic (exact) mass is 1410 g/mol. The highest BCUT2D eigenvalue weighted by Crippen LogP contribution is 2.12. The van der Waals surface area contributed by atoms with Gasteiger partial charge in [0.25, 0.3) is 6.43 Å². The predicted octanol–water partition coefficient (Wildman–Crippen LogP) is 1.64. The molecule has 2 fully saturated rings. The van der Waals surface area contributed by atoms with E-state index in [1.54, 1.807) is 48.5 Å². The molecule has 0 bridgehead atoms. The molecule has 6 rings (SSSR count). The maximum Gasteiger partial charge on any atom is 0.415 e. The number of hydrogen-bond acceptors (Lipinski definition) is 27. The fourth-order valence-electron chi connectivity index (χ4n) is 7.15. The van der Waals surface area contributed by atoms with Gasteiger partial charge in [0, 0.05) is 50.2 Å². The van der Waals surface area contributed by atoms with E-state index in [4.69, 9.17) is 49.4 Å². The van der Waals surface area contributed by atoms with Gasteiger partial charge in [-0.15, -0.1) is 0 Å². The van der Waals surface area contributed by atoms with E-state index in [9.17, 15) is 71.4 Å². The Hall–Kier alpha value is -11.5. The lowest BCUT2D eigenvalue weighted by Gasteiger charge is -2.27. The first-order valence-corrected chi connectivity index (χ1v) is 29.7. The number of carboxylic acids is 1. The van der Waals surface area contributed by atoms with Gasteiger partial charge in [-0.25, -0.2) is 28.0 Å². The molecule has 2 aliphatic heterocycles. The van der Waals surface area contributed by atoms with Crippen LogP contribution in [-0.2, 0) is 122 Å². The van der Waals surface area contributed by atoms with Gasteiger partial charge in [-0.05, 0) is 33.3 Å². The van der Waals surface area contributed by atoms with Crippen LogP contribution < -0.4 is 37.4 Å². The molecule has 0 radical (unpaired) electrons. The maximum absolute atomic E-state index is 13.0. The number of alkyl carbamates (subject to hydrolysis) is 2. The molecule has 36 nitrogen and oxygen atoms in total. The zero-order valence-corrected chi connectivity index (χ0v) is 54.3. The van der Waals surface area contributed by atoms with Gasteiger partial charge in [0.2, 0.25) is 11.8 Å². The summed E-state index contributed by atoms with van der Waals surface area (Å²) in [6.07, 6.45) is -7.94. The first kappa shape index (κ1) is 86.5. The number of nitrogens with zero attached hydrogens (tertiary/aromatic N) is 6. The molecule has 2 aliphatic rings. The van der Waals surface area contributed by atoms with Crippen LogP contribution in [0, 0.1) is 0 Å². The van der Waals surface area contributed by atoms with Crippen LogP contribution in [0.5, 0.6) is 0 Å². The molecule has 4 aromatic rings. The number of aliphatic carboxylic acids is 1. The molecule has 2 heterocycles. The molecule has 5 atom stereocenters. The molecule has 9 N–H and O–H groups in total. The molecular formula is C62H76F2N12O24. The fraction of sp³-hybridized carbons (Fsp3) is 0.403. The van der Waals surface area contributed by atoms with Crippen molar-refractivity contribution in [2.24, 2.45) is 10.2 Å². The number of carbonyl (C=O) groups is 13. The second-order valence-electron chi connectivity index (χ2n) is 19.7. The molecular weight excluding hydrogens is 1330 g/mol. The average Bonchev–Trinajstić information content (AvgIpc) is 1.23. The van der Waals surface area contributed by atoms with Gasteiger partial charge in [0.05, 0.1) is 70.7 Å². The summed E-state index contributed by atoms with van der Waals surface area (Å²) in [5.41, 5.74) is 22.9. The lowest BCUT2D eigenvalue weighted by molar-refractivity contribution is -0.374. The number of quaternary nitrogens is 1. The van der Waals surface area contributed by atoms with Gasteiger partial charge in [0.15, 0.2) is 0 Å². The van der Waals surface area contributed by atoms with E-state index < -0.39 is 127 Å². The van der Waals surface area contributed by atoms with Crippen LogP contribution in [0.15, 0.2) is 132 Å². The Kier molecular flexibility index (Phi) is 45.5. The average molecular weight is 1410 g/mol. The van der Waals surface area contributed by atoms with E-state index in [1.165, 1.54) is 20.8 Å². The van der Waals surface area contributed by atoms with Crippen LogP contribution in [0.4, 0.5) is 18.4 Å². The van der Waals surface area contributed by atoms with Crippen LogP contribution in [-0.4, -0.2) is 172 Å². The standard InChI is InChI=1S/C28H36N6O8.2C12H11NO5.C4H10N4O.C4H6O3.C2H2F2O2/c1-20(35)32-24(17-26(37)42-19-22-10-6-3-7-11-22)28(39)33-23(27(38)30-12-14-40-15-13-31-34-29)16-25(36)41-18-21-8-4-2-5-9-21;2*14-10(6-9-11(15)18-12(16)13-9)17-7-8-4-2-1-3-5-8;5-1-3-9-4-2-7-8-6;1-3(5)7-4(2)6;3-1(4)2(5)6/h2-11,23-24,28,33,39H,12-19H2,1H3,(H,30,38)(H,32,35);2*1-5,9H,6-7H2,(H,13,16);1-5H2;1-2H3;1H,(H,5,6)/t23-,24+,28?;2*9-;;;/m010.../s1. The van der Waals surface area contributed by atoms with E-state index >= 15 is 0 Å². The SMILES string of the molecule is CC(=O)N[C@H](CC(=O)OCc1ccccc1)C(O)N[C@@H](CC(=O)OCc1ccccc1)C(=O)NCCOCCN=[N+]=[N-].CC(=O)OC(C)=O.O=C(C[C@@H]1NC(=O)OC1=O)OCc1ccccc1.O=C(C[C@H]1NC(=O)OC1=O)OCc1ccccc1.O=C([O-])C(F)F.[N-]=[N+]=NCCOCC[NH3+]. The molecule has 1 unspecified atom stereocenters. The minimum atomic E-state index is -3.34. The summed E-state index contributed by atoms with van der Waals surface area (Å²) in [5, 5.41) is 38.5. The van der Waals surface area contributed by atoms with E-state index in [0.29, 0.717) is 19.8 Å². The number of benzene rings is 4. The topological polar surface area (TPSA) is 534 Å². The molecule has 4 amide bonds. The van der Waals surface area contributed by atoms with Crippen molar-refractivity contribution in [1.82, 2.24) is 26.6 Å². The number of cyclic esters (lactones) is 4. The van der Waals surface area contributed by atoms with Crippen molar-refractivity contribution >= 4 is 77.7 Å². The second-order valence-corrected chi connectivity index (χ2v) is 19.7. The van der Waals surface area contributed by atoms with Gasteiger partial charge in [-0.2, -0.15) is 0 Å². The van der Waals surface area contributed by atoms with Crippen molar-refractivity contribution in [2.45, 2.75) is 110 Å². The zero-order chi connectivity index (χ0) is 74.5. The van der Waals surface area contributed by atoms with Crippen LogP contribution in [0.25, 0.3) is 20.9 Å². The summed E-state index contributed by atoms with van der Waals surface area (Å²) in [7, 11) is 0. The third kappa shape index (κ3) is 44.3. The molecule has 0 saturated carbocycles. The Bertz CT molecular complexity index is 3220. The Morgan fingerprint density at radius 2 is 0.950 bits per heavy atom. The molecule has 542 valence electrons. The first-order chi connectivity index (χ1) is 47.8. The van der Waals surface area contributed by atoms with Crippen molar-refractivity contribution in [1.29, 1.82) is 0 Å². The van der Waals surface area contributed by atoms with Crippen LogP contribution >= 0.6 is 0 Å². The van der Waals surface area contributed by atoms with Crippen LogP contribution in [0.3, 0.4) is 0 Å². The van der Waals surface area contributed by atoms with Gasteiger partial charge in [-0.3, -0.25) is 43.7 Å². The normalized spacial score (nSPS) is 13.7. The molecule has 2 saturated heterocycles. The summed E-state index contributed by atoms with van der Waals surface area (Å²) >= 11 is 0. The lowest BCUT2D eigenvalue weighted by atomic mass is 10.1. The predicted molar refractivity (Wildman–Crippen MR) is 335 cm³/mol. The molecule has 0 aliphatic carbocycles. The molecule has 38 heteroatoms. The number of ether oxygens (including phenoxy) is 9. The van der Waals surface area contributed by atoms with Crippen molar-refractivity contribution in [3.63, 3.8) is 0 Å². The molecule has 0 aromatic heterocycles. The molecule has 0 spiro atoms. The summed E-state index contributed by atoms with van der Waals surface area (Å²) in [4.78, 5) is 150. The molecule has 100 heavy (non-hydrogen) atoms. The van der Waals surface area contributed by atoms with Gasteiger partial charge in [0.1, 0.15) is 50.7 Å². The van der Waals surface area contributed by atoms with Crippen molar-refractivity contribution in [3.05, 3.63) is 164 Å². The zero-order valence-electron chi connectivity index (χ0n) is 54.3. The number of carbonyl (C=O) groups excluding carboxylic acids is 13. The number of amides is 4. The summed E-state index contributed by atoms with van der Waals surface area (Å²) in [6.45, 7) is 6.59. The van der Waals surface area contributed by atoms with E-state index in [2.05, 4.69) is 66.6 Å². The Morgan fingerprint density at radius 3 is 1.26 bits per heavy atom. The number of aliphatic hydroxyl groups is 1. The number of rotatable bonds is 33. The minimum Gasteiger partial charge on any atom is -0.544 e. The second kappa shape index (κ2) is 52.6. The number of hydrogen-bond donors (Lipinski definition) is 7. The molecule has 4 aromatic carbocycles. The van der Waals surface area contributed by atoms with E-state index in [0.717, 1.165) is 28.8 Å². The Balaban J connectivity index is 0.000000705. The van der Waals surface area contributed by atoms with Crippen LogP contribution in [0.2, 0.25) is 0 Å². The number of aliphatic hydroxyl groups excluding tert-OH is 1. The number of halogens is 2. The number of azide groups is 2. The third-order valence-corrected chi connectivity index (χ3v) is 11.6. The fourth-order valence-corrected chi connectivity index (χ4v) is 7.15. The highest BCUT2D eigenvalue weighted by molar-refractivity contribution is 5.98. The highest BCUT2D eigenvalue weighted by Gasteiger charge is 2.36. The van der Waals surface area contributed by atoms with Crippen molar-refractivity contribution in [3.8, 4) is 0 Å². The number of carboxylic acid groups (broad SMARTS) is 1. The van der Waals surface area contributed by atoms with Gasteiger partial charge < -0.3 is 84.6 Å². The van der Waals surface area contributed by atoms with Gasteiger partial charge >= 0.3 is 59.9 Å². The number of nitrogens with one attached hydrogen (secondary N) is 5. The first-order valence-electron chi connectivity index (χ1n) is 29.7. The lowest BCUT2D eigenvalue weighted by Crippen LogP contribution is -2.57. The van der Waals surface area contributed by atoms with Gasteiger partial charge in [-0.1, -0.05) is 132 Å². The van der Waals surface area contributed by atoms with Crippen LogP contribution in [0.1, 0.15) is 68.7 Å². The highest BCUT2D eigenvalue weighted by atomic mass is 19.3. The quantitative estimate of drug-likeness (QED) is 0.00521. The summed E-state index contributed by atoms with van der Waals surface area (Å²) < 4.78 is 64.2. The maximum atomic E-state index is 13.0. The number of alkyl halides is 2. The summed E-state index contributed by atoms with van der Waals surface area (Å²) in [6, 6.07) is 31.9. The Morgan fingerprint density at radius 1 is 0.590 bits per heavy atom. The Labute approximate surface area is 569 Å². The largest absolute Gasteiger partial charge is 0.544 e. The summed E-state index contributed by atoms with van der Waals surface area (Å²) in [5.74, 6) is -8.69. The van der Waals surface area contributed by atoms with E-state index in [1.807, 2.05) is 72.8 Å².